The molecule has 0 saturated carbocycles. The van der Waals surface area contributed by atoms with E-state index < -0.39 is 10.0 Å². The average Bonchev–Trinajstić information content (AvgIpc) is 2.46. The number of pyridine rings is 1. The number of methoxy groups -OCH3 is 1. The number of aromatic nitrogens is 1. The molecular weight excluding hydrogens is 290 g/mol. The van der Waals surface area contributed by atoms with E-state index in [1.54, 1.807) is 24.5 Å². The number of hydrogen-bond acceptors (Lipinski definition) is 5. The van der Waals surface area contributed by atoms with E-state index >= 15 is 0 Å². The van der Waals surface area contributed by atoms with Crippen molar-refractivity contribution < 1.29 is 13.2 Å². The van der Waals surface area contributed by atoms with E-state index in [0.717, 1.165) is 11.1 Å². The first-order valence-electron chi connectivity index (χ1n) is 6.26. The van der Waals surface area contributed by atoms with Crippen molar-refractivity contribution >= 4 is 15.7 Å². The molecule has 0 fully saturated rings. The van der Waals surface area contributed by atoms with Crippen LogP contribution in [0.5, 0.6) is 5.75 Å². The van der Waals surface area contributed by atoms with Crippen molar-refractivity contribution in [1.29, 1.82) is 0 Å². The fraction of sp³-hybridized carbons (Fsp3) is 0.214. The molecule has 0 saturated heterocycles. The maximum absolute atomic E-state index is 12.3. The summed E-state index contributed by atoms with van der Waals surface area (Å²) in [6.07, 6.45) is 3.31. The number of sulfonamides is 1. The molecule has 2 rings (SSSR count). The van der Waals surface area contributed by atoms with E-state index in [1.165, 1.54) is 19.2 Å². The van der Waals surface area contributed by atoms with Crippen LogP contribution in [0.3, 0.4) is 0 Å². The predicted molar refractivity (Wildman–Crippen MR) is 80.4 cm³/mol. The van der Waals surface area contributed by atoms with E-state index in [2.05, 4.69) is 9.71 Å². The number of ether oxygens (including phenoxy) is 1. The van der Waals surface area contributed by atoms with Gasteiger partial charge in [0.15, 0.2) is 0 Å². The van der Waals surface area contributed by atoms with Gasteiger partial charge in [-0.1, -0.05) is 0 Å². The summed E-state index contributed by atoms with van der Waals surface area (Å²) in [5.41, 5.74) is 7.70. The lowest BCUT2D eigenvalue weighted by Crippen LogP contribution is -2.24. The number of aryl methyl sites for hydroxylation is 1. The zero-order valence-corrected chi connectivity index (χ0v) is 12.6. The molecule has 1 aromatic heterocycles. The van der Waals surface area contributed by atoms with E-state index in [4.69, 9.17) is 10.5 Å². The van der Waals surface area contributed by atoms with Crippen LogP contribution in [0.2, 0.25) is 0 Å². The zero-order chi connectivity index (χ0) is 15.5. The molecule has 0 aliphatic carbocycles. The molecule has 2 aromatic rings. The molecule has 3 N–H and O–H groups in total. The minimum absolute atomic E-state index is 0.0370. The highest BCUT2D eigenvalue weighted by Crippen LogP contribution is 2.23. The van der Waals surface area contributed by atoms with Gasteiger partial charge in [-0.25, -0.2) is 13.1 Å². The monoisotopic (exact) mass is 307 g/mol. The van der Waals surface area contributed by atoms with Crippen LogP contribution in [-0.2, 0) is 16.6 Å². The Morgan fingerprint density at radius 2 is 2.10 bits per heavy atom. The highest BCUT2D eigenvalue weighted by molar-refractivity contribution is 7.89. The van der Waals surface area contributed by atoms with Crippen LogP contribution < -0.4 is 15.2 Å². The van der Waals surface area contributed by atoms with Crippen LogP contribution >= 0.6 is 0 Å². The average molecular weight is 307 g/mol. The Bertz CT molecular complexity index is 745. The number of anilines is 1. The van der Waals surface area contributed by atoms with Crippen molar-refractivity contribution in [3.63, 3.8) is 0 Å². The Kier molecular flexibility index (Phi) is 4.44. The van der Waals surface area contributed by atoms with Crippen molar-refractivity contribution in [2.75, 3.05) is 12.8 Å². The SMILES string of the molecule is COc1ccc(S(=O)(=O)NCc2ccncc2C)c(N)c1. The van der Waals surface area contributed by atoms with Gasteiger partial charge in [0, 0.05) is 25.0 Å². The molecule has 0 amide bonds. The van der Waals surface area contributed by atoms with Gasteiger partial charge in [0.05, 0.1) is 12.8 Å². The van der Waals surface area contributed by atoms with Gasteiger partial charge in [-0.15, -0.1) is 0 Å². The molecule has 0 aliphatic heterocycles. The van der Waals surface area contributed by atoms with Crippen molar-refractivity contribution in [3.8, 4) is 5.75 Å². The topological polar surface area (TPSA) is 94.3 Å². The third kappa shape index (κ3) is 3.50. The van der Waals surface area contributed by atoms with Crippen molar-refractivity contribution in [2.24, 2.45) is 0 Å². The molecule has 0 atom stereocenters. The van der Waals surface area contributed by atoms with E-state index in [0.29, 0.717) is 5.75 Å². The van der Waals surface area contributed by atoms with Gasteiger partial charge in [-0.2, -0.15) is 0 Å². The van der Waals surface area contributed by atoms with Gasteiger partial charge in [-0.05, 0) is 36.2 Å². The number of nitrogens with one attached hydrogen (secondary N) is 1. The number of nitrogen functional groups attached to an aromatic ring is 1. The van der Waals surface area contributed by atoms with Crippen molar-refractivity contribution in [1.82, 2.24) is 9.71 Å². The van der Waals surface area contributed by atoms with E-state index in [1.807, 2.05) is 6.92 Å². The van der Waals surface area contributed by atoms with E-state index in [9.17, 15) is 8.42 Å². The first-order valence-corrected chi connectivity index (χ1v) is 7.75. The number of benzene rings is 1. The van der Waals surface area contributed by atoms with Crippen molar-refractivity contribution in [3.05, 3.63) is 47.8 Å². The highest BCUT2D eigenvalue weighted by Gasteiger charge is 2.17. The van der Waals surface area contributed by atoms with Gasteiger partial charge in [0.1, 0.15) is 10.6 Å². The highest BCUT2D eigenvalue weighted by atomic mass is 32.2. The Balaban J connectivity index is 2.21. The minimum Gasteiger partial charge on any atom is -0.497 e. The van der Waals surface area contributed by atoms with Crippen LogP contribution in [0.25, 0.3) is 0 Å². The van der Waals surface area contributed by atoms with Crippen LogP contribution in [-0.4, -0.2) is 20.5 Å². The molecule has 0 radical (unpaired) electrons. The van der Waals surface area contributed by atoms with Crippen LogP contribution in [0, 0.1) is 6.92 Å². The number of nitrogens with zero attached hydrogens (tertiary/aromatic N) is 1. The number of hydrogen-bond donors (Lipinski definition) is 2. The van der Waals surface area contributed by atoms with Crippen LogP contribution in [0.15, 0.2) is 41.6 Å². The second-order valence-corrected chi connectivity index (χ2v) is 6.27. The Morgan fingerprint density at radius 1 is 1.33 bits per heavy atom. The normalized spacial score (nSPS) is 11.3. The Labute approximate surface area is 124 Å². The molecule has 1 heterocycles. The molecule has 0 spiro atoms. The summed E-state index contributed by atoms with van der Waals surface area (Å²) in [6.45, 7) is 2.06. The molecule has 0 aliphatic rings. The summed E-state index contributed by atoms with van der Waals surface area (Å²) in [5.74, 6) is 0.511. The second kappa shape index (κ2) is 6.11. The van der Waals surface area contributed by atoms with Gasteiger partial charge < -0.3 is 10.5 Å². The minimum atomic E-state index is -3.68. The molecule has 0 unspecified atom stereocenters. The van der Waals surface area contributed by atoms with Gasteiger partial charge >= 0.3 is 0 Å². The lowest BCUT2D eigenvalue weighted by atomic mass is 10.2. The van der Waals surface area contributed by atoms with Gasteiger partial charge in [-0.3, -0.25) is 4.98 Å². The maximum Gasteiger partial charge on any atom is 0.242 e. The first-order chi connectivity index (χ1) is 9.94. The Morgan fingerprint density at radius 3 is 2.71 bits per heavy atom. The number of rotatable bonds is 5. The summed E-state index contributed by atoms with van der Waals surface area (Å²) < 4.78 is 32.1. The van der Waals surface area contributed by atoms with Gasteiger partial charge in [0.2, 0.25) is 10.0 Å². The maximum atomic E-state index is 12.3. The summed E-state index contributed by atoms with van der Waals surface area (Å²) in [4.78, 5) is 4.01. The summed E-state index contributed by atoms with van der Waals surface area (Å²) in [6, 6.07) is 6.24. The molecule has 112 valence electrons. The lowest BCUT2D eigenvalue weighted by molar-refractivity contribution is 0.414. The third-order valence-electron chi connectivity index (χ3n) is 3.10. The fourth-order valence-corrected chi connectivity index (χ4v) is 2.97. The summed E-state index contributed by atoms with van der Waals surface area (Å²) in [7, 11) is -2.19. The fourth-order valence-electron chi connectivity index (χ4n) is 1.85. The van der Waals surface area contributed by atoms with Crippen LogP contribution in [0.4, 0.5) is 5.69 Å². The number of nitrogens with two attached hydrogens (primary N) is 1. The molecule has 0 bridgehead atoms. The largest absolute Gasteiger partial charge is 0.497 e. The molecule has 7 heteroatoms. The second-order valence-electron chi connectivity index (χ2n) is 4.53. The standard InChI is InChI=1S/C14H17N3O3S/c1-10-8-16-6-5-11(10)9-17-21(18,19)14-4-3-12(20-2)7-13(14)15/h3-8,17H,9,15H2,1-2H3. The van der Waals surface area contributed by atoms with E-state index in [-0.39, 0.29) is 17.1 Å². The molecule has 6 nitrogen and oxygen atoms in total. The Hall–Kier alpha value is -2.12. The van der Waals surface area contributed by atoms with Gasteiger partial charge in [0.25, 0.3) is 0 Å². The molecular formula is C14H17N3O3S. The smallest absolute Gasteiger partial charge is 0.242 e. The molecule has 1 aromatic carbocycles. The van der Waals surface area contributed by atoms with Crippen molar-refractivity contribution in [2.45, 2.75) is 18.4 Å². The zero-order valence-electron chi connectivity index (χ0n) is 11.8. The quantitative estimate of drug-likeness (QED) is 0.816. The summed E-state index contributed by atoms with van der Waals surface area (Å²) in [5, 5.41) is 0. The van der Waals surface area contributed by atoms with Crippen LogP contribution in [0.1, 0.15) is 11.1 Å². The molecule has 21 heavy (non-hydrogen) atoms. The lowest BCUT2D eigenvalue weighted by Gasteiger charge is -2.11. The summed E-state index contributed by atoms with van der Waals surface area (Å²) >= 11 is 0. The predicted octanol–water partition coefficient (Wildman–Crippen LogP) is 1.46. The first kappa shape index (κ1) is 15.3. The third-order valence-corrected chi connectivity index (χ3v) is 4.57.